The molecule has 1 aliphatic rings. The first-order valence-electron chi connectivity index (χ1n) is 15.4. The van der Waals surface area contributed by atoms with Crippen molar-refractivity contribution in [3.8, 4) is 0 Å². The molecule has 0 spiro atoms. The fourth-order valence-corrected chi connectivity index (χ4v) is 5.96. The molecule has 0 radical (unpaired) electrons. The second-order valence-corrected chi connectivity index (χ2v) is 13.1. The number of nitrogens with two attached hydrogens (primary N) is 1. The Morgan fingerprint density at radius 2 is 1.66 bits per heavy atom. The van der Waals surface area contributed by atoms with Crippen LogP contribution in [0.4, 0.5) is 0 Å². The van der Waals surface area contributed by atoms with Crippen LogP contribution in [0.25, 0.3) is 10.8 Å². The summed E-state index contributed by atoms with van der Waals surface area (Å²) in [4.78, 5) is 45.0. The van der Waals surface area contributed by atoms with E-state index in [-0.39, 0.29) is 24.3 Å². The Bertz CT molecular complexity index is 1480. The Labute approximate surface area is 261 Å². The molecule has 3 aromatic carbocycles. The van der Waals surface area contributed by atoms with Gasteiger partial charge in [-0.15, -0.1) is 0 Å². The third-order valence-electron chi connectivity index (χ3n) is 8.33. The molecule has 0 aliphatic carbocycles. The summed E-state index contributed by atoms with van der Waals surface area (Å²) in [6.45, 7) is 4.61. The number of fused-ring (bicyclic) bond motifs is 1. The van der Waals surface area contributed by atoms with Crippen molar-refractivity contribution < 1.29 is 14.4 Å². The zero-order chi connectivity index (χ0) is 31.9. The van der Waals surface area contributed by atoms with E-state index >= 15 is 0 Å². The first-order chi connectivity index (χ1) is 20.9. The summed E-state index contributed by atoms with van der Waals surface area (Å²) in [6, 6.07) is 23.5. The van der Waals surface area contributed by atoms with E-state index in [4.69, 9.17) is 5.73 Å². The monoisotopic (exact) mass is 597 g/mol. The highest BCUT2D eigenvalue weighted by Gasteiger charge is 2.45. The van der Waals surface area contributed by atoms with E-state index < -0.39 is 17.0 Å². The first-order valence-corrected chi connectivity index (χ1v) is 15.4. The van der Waals surface area contributed by atoms with Gasteiger partial charge in [0, 0.05) is 46.2 Å². The quantitative estimate of drug-likeness (QED) is 0.253. The molecule has 0 bridgehead atoms. The van der Waals surface area contributed by atoms with Gasteiger partial charge in [0.1, 0.15) is 6.04 Å². The number of nitrogens with one attached hydrogen (secondary N) is 1. The average Bonchev–Trinajstić information content (AvgIpc) is 2.98. The van der Waals surface area contributed by atoms with E-state index in [0.717, 1.165) is 21.9 Å². The number of piperidine rings is 1. The fourth-order valence-electron chi connectivity index (χ4n) is 5.96. The molecule has 0 saturated carbocycles. The van der Waals surface area contributed by atoms with Crippen molar-refractivity contribution in [2.45, 2.75) is 57.5 Å². The Balaban J connectivity index is 1.65. The summed E-state index contributed by atoms with van der Waals surface area (Å²) in [6.07, 6.45) is 6.03. The number of hydrazine groups is 1. The lowest BCUT2D eigenvalue weighted by Crippen LogP contribution is -2.59. The van der Waals surface area contributed by atoms with Gasteiger partial charge in [0.2, 0.25) is 17.7 Å². The van der Waals surface area contributed by atoms with Gasteiger partial charge in [0.05, 0.1) is 5.41 Å². The number of nitrogens with zero attached hydrogens (tertiary/aromatic N) is 3. The van der Waals surface area contributed by atoms with Crippen molar-refractivity contribution >= 4 is 28.5 Å². The number of carbonyl (C=O) groups excluding carboxylic acids is 3. The van der Waals surface area contributed by atoms with E-state index in [0.29, 0.717) is 38.6 Å². The van der Waals surface area contributed by atoms with Crippen molar-refractivity contribution in [3.63, 3.8) is 0 Å². The number of carbonyl (C=O) groups is 3. The molecular formula is C36H47N5O3. The minimum absolute atomic E-state index is 0.105. The molecule has 8 heteroatoms. The van der Waals surface area contributed by atoms with Crippen LogP contribution in [0.1, 0.15) is 44.2 Å². The molecule has 1 fully saturated rings. The second-order valence-electron chi connectivity index (χ2n) is 13.1. The van der Waals surface area contributed by atoms with Crippen LogP contribution < -0.4 is 11.2 Å². The largest absolute Gasteiger partial charge is 0.340 e. The van der Waals surface area contributed by atoms with Gasteiger partial charge in [0.25, 0.3) is 0 Å². The molecule has 0 aromatic heterocycles. The lowest BCUT2D eigenvalue weighted by molar-refractivity contribution is -0.149. The topological polar surface area (TPSA) is 99.0 Å². The van der Waals surface area contributed by atoms with Crippen molar-refractivity contribution in [2.75, 3.05) is 34.2 Å². The number of rotatable bonds is 11. The molecule has 3 aromatic rings. The minimum Gasteiger partial charge on any atom is -0.340 e. The molecule has 1 heterocycles. The summed E-state index contributed by atoms with van der Waals surface area (Å²) in [5.74, 6) is -0.519. The Hall–Kier alpha value is -4.01. The highest BCUT2D eigenvalue weighted by Crippen LogP contribution is 2.35. The predicted octanol–water partition coefficient (Wildman–Crippen LogP) is 4.34. The molecular weight excluding hydrogens is 550 g/mol. The Morgan fingerprint density at radius 3 is 2.34 bits per heavy atom. The molecule has 2 atom stereocenters. The van der Waals surface area contributed by atoms with Crippen molar-refractivity contribution in [1.29, 1.82) is 0 Å². The molecule has 8 nitrogen and oxygen atoms in total. The summed E-state index contributed by atoms with van der Waals surface area (Å²) in [5.41, 5.74) is 9.84. The standard InChI is InChI=1S/C36H47N5O3/c1-35(2,37)20-11-17-32(42)40(5)31(24-28-18-19-29-15-9-10-16-30(29)23-28)33(43)41-22-12-21-36(26-41,34(44)38-39(3)4)25-27-13-7-6-8-14-27/h6-11,13-19,23,31H,12,20-22,24-26,37H2,1-5H3,(H,38,44)/t31-,36-/m1/s1. The number of likely N-dealkylation sites (N-methyl/N-ethyl adjacent to an activating group) is 1. The highest BCUT2D eigenvalue weighted by molar-refractivity contribution is 5.93. The Kier molecular flexibility index (Phi) is 10.6. The van der Waals surface area contributed by atoms with Gasteiger partial charge in [-0.3, -0.25) is 19.8 Å². The molecule has 3 amide bonds. The van der Waals surface area contributed by atoms with Crippen molar-refractivity contribution in [2.24, 2.45) is 11.1 Å². The van der Waals surface area contributed by atoms with E-state index in [1.807, 2.05) is 68.4 Å². The third-order valence-corrected chi connectivity index (χ3v) is 8.33. The maximum Gasteiger partial charge on any atom is 0.246 e. The fraction of sp³-hybridized carbons (Fsp3) is 0.417. The van der Waals surface area contributed by atoms with Crippen LogP contribution in [-0.4, -0.2) is 78.3 Å². The van der Waals surface area contributed by atoms with E-state index in [2.05, 4.69) is 23.6 Å². The van der Waals surface area contributed by atoms with Gasteiger partial charge in [0.15, 0.2) is 0 Å². The molecule has 1 saturated heterocycles. The van der Waals surface area contributed by atoms with Gasteiger partial charge in [-0.2, -0.15) is 0 Å². The smallest absolute Gasteiger partial charge is 0.246 e. The lowest BCUT2D eigenvalue weighted by Gasteiger charge is -2.44. The lowest BCUT2D eigenvalue weighted by atomic mass is 9.74. The van der Waals surface area contributed by atoms with Crippen LogP contribution in [0.3, 0.4) is 0 Å². The van der Waals surface area contributed by atoms with E-state index in [9.17, 15) is 14.4 Å². The van der Waals surface area contributed by atoms with Crippen LogP contribution in [0, 0.1) is 5.41 Å². The predicted molar refractivity (Wildman–Crippen MR) is 176 cm³/mol. The van der Waals surface area contributed by atoms with Gasteiger partial charge in [-0.1, -0.05) is 78.9 Å². The second kappa shape index (κ2) is 14.2. The van der Waals surface area contributed by atoms with Gasteiger partial charge in [-0.05, 0) is 67.5 Å². The van der Waals surface area contributed by atoms with E-state index in [1.165, 1.54) is 11.0 Å². The van der Waals surface area contributed by atoms with Gasteiger partial charge in [-0.25, -0.2) is 5.01 Å². The number of hydrogen-bond donors (Lipinski definition) is 2. The van der Waals surface area contributed by atoms with E-state index in [1.54, 1.807) is 37.1 Å². The highest BCUT2D eigenvalue weighted by atomic mass is 16.2. The van der Waals surface area contributed by atoms with Crippen LogP contribution >= 0.6 is 0 Å². The number of benzene rings is 3. The van der Waals surface area contributed by atoms with Gasteiger partial charge >= 0.3 is 0 Å². The number of likely N-dealkylation sites (tertiary alicyclic amines) is 1. The summed E-state index contributed by atoms with van der Waals surface area (Å²) in [5, 5.41) is 3.85. The van der Waals surface area contributed by atoms with Crippen LogP contribution in [0.2, 0.25) is 0 Å². The summed E-state index contributed by atoms with van der Waals surface area (Å²) < 4.78 is 0. The molecule has 1 aliphatic heterocycles. The van der Waals surface area contributed by atoms with Crippen LogP contribution in [0.15, 0.2) is 84.9 Å². The Morgan fingerprint density at radius 1 is 0.977 bits per heavy atom. The number of hydrogen-bond acceptors (Lipinski definition) is 5. The first kappa shape index (κ1) is 32.9. The van der Waals surface area contributed by atoms with Crippen molar-refractivity contribution in [3.05, 3.63) is 96.1 Å². The maximum absolute atomic E-state index is 14.5. The zero-order valence-corrected chi connectivity index (χ0v) is 26.8. The maximum atomic E-state index is 14.5. The normalized spacial score (nSPS) is 18.0. The number of amides is 3. The molecule has 4 rings (SSSR count). The SMILES string of the molecule is CN(C)NC(=O)[C@@]1(Cc2ccccc2)CCCN(C(=O)[C@@H](Cc2ccc3ccccc3c2)N(C)C(=O)C=CCC(C)(C)N)C1. The summed E-state index contributed by atoms with van der Waals surface area (Å²) >= 11 is 0. The molecule has 234 valence electrons. The third kappa shape index (κ3) is 8.55. The zero-order valence-electron chi connectivity index (χ0n) is 26.8. The average molecular weight is 598 g/mol. The molecule has 44 heavy (non-hydrogen) atoms. The van der Waals surface area contributed by atoms with Crippen molar-refractivity contribution in [1.82, 2.24) is 20.2 Å². The van der Waals surface area contributed by atoms with Crippen LogP contribution in [0.5, 0.6) is 0 Å². The molecule has 0 unspecified atom stereocenters. The van der Waals surface area contributed by atoms with Gasteiger partial charge < -0.3 is 15.5 Å². The van der Waals surface area contributed by atoms with Crippen LogP contribution in [-0.2, 0) is 27.2 Å². The summed E-state index contributed by atoms with van der Waals surface area (Å²) in [7, 11) is 5.27. The molecule has 3 N–H and O–H groups in total. The minimum atomic E-state index is -0.803.